The second-order valence-corrected chi connectivity index (χ2v) is 3.99. The summed E-state index contributed by atoms with van der Waals surface area (Å²) in [6, 6.07) is 10.1. The summed E-state index contributed by atoms with van der Waals surface area (Å²) in [5.74, 6) is 0.846. The number of nitrogens with zero attached hydrogens (tertiary/aromatic N) is 3. The SMILES string of the molecule is N#CCc1nc2ccccc2n1CCBr. The Balaban J connectivity index is 2.59. The molecule has 0 radical (unpaired) electrons. The molecule has 1 aromatic carbocycles. The monoisotopic (exact) mass is 263 g/mol. The Morgan fingerprint density at radius 1 is 1.40 bits per heavy atom. The molecule has 0 aliphatic carbocycles. The van der Waals surface area contributed by atoms with Crippen molar-refractivity contribution < 1.29 is 0 Å². The van der Waals surface area contributed by atoms with Crippen molar-refractivity contribution in [1.29, 1.82) is 5.26 Å². The minimum Gasteiger partial charge on any atom is -0.326 e. The Morgan fingerprint density at radius 2 is 2.20 bits per heavy atom. The van der Waals surface area contributed by atoms with E-state index >= 15 is 0 Å². The predicted molar refractivity (Wildman–Crippen MR) is 62.8 cm³/mol. The molecule has 0 unspecified atom stereocenters. The Labute approximate surface area is 96.5 Å². The van der Waals surface area contributed by atoms with E-state index in [0.29, 0.717) is 6.42 Å². The van der Waals surface area contributed by atoms with Crippen molar-refractivity contribution in [3.8, 4) is 6.07 Å². The van der Waals surface area contributed by atoms with Gasteiger partial charge in [-0.1, -0.05) is 28.1 Å². The molecule has 3 nitrogen and oxygen atoms in total. The van der Waals surface area contributed by atoms with Crippen LogP contribution < -0.4 is 0 Å². The third kappa shape index (κ3) is 1.88. The Morgan fingerprint density at radius 3 is 2.93 bits per heavy atom. The first-order valence-electron chi connectivity index (χ1n) is 4.74. The van der Waals surface area contributed by atoms with Crippen molar-refractivity contribution in [2.75, 3.05) is 5.33 Å². The maximum absolute atomic E-state index is 8.72. The van der Waals surface area contributed by atoms with Crippen LogP contribution in [0.15, 0.2) is 24.3 Å². The molecule has 1 aromatic heterocycles. The van der Waals surface area contributed by atoms with Crippen molar-refractivity contribution >= 4 is 27.0 Å². The highest BCUT2D eigenvalue weighted by atomic mass is 79.9. The van der Waals surface area contributed by atoms with Gasteiger partial charge in [0.25, 0.3) is 0 Å². The first kappa shape index (κ1) is 10.2. The van der Waals surface area contributed by atoms with Crippen LogP contribution in [0.25, 0.3) is 11.0 Å². The van der Waals surface area contributed by atoms with Crippen molar-refractivity contribution in [1.82, 2.24) is 9.55 Å². The van der Waals surface area contributed by atoms with Crippen LogP contribution in [0.1, 0.15) is 5.82 Å². The van der Waals surface area contributed by atoms with E-state index in [2.05, 4.69) is 31.6 Å². The summed E-state index contributed by atoms with van der Waals surface area (Å²) in [6.45, 7) is 0.845. The molecule has 2 rings (SSSR count). The molecule has 0 N–H and O–H groups in total. The minimum absolute atomic E-state index is 0.363. The summed E-state index contributed by atoms with van der Waals surface area (Å²) in [7, 11) is 0. The van der Waals surface area contributed by atoms with Crippen LogP contribution in [0.3, 0.4) is 0 Å². The summed E-state index contributed by atoms with van der Waals surface area (Å²) < 4.78 is 2.09. The number of imidazole rings is 1. The average molecular weight is 264 g/mol. The number of hydrogen-bond acceptors (Lipinski definition) is 2. The zero-order chi connectivity index (χ0) is 10.7. The molecular formula is C11H10BrN3. The van der Waals surface area contributed by atoms with Crippen molar-refractivity contribution in [2.24, 2.45) is 0 Å². The lowest BCUT2D eigenvalue weighted by atomic mass is 10.3. The number of aromatic nitrogens is 2. The average Bonchev–Trinajstić information content (AvgIpc) is 2.59. The van der Waals surface area contributed by atoms with E-state index in [1.165, 1.54) is 0 Å². The molecule has 0 saturated heterocycles. The van der Waals surface area contributed by atoms with E-state index in [9.17, 15) is 0 Å². The van der Waals surface area contributed by atoms with Gasteiger partial charge in [-0.15, -0.1) is 0 Å². The second-order valence-electron chi connectivity index (χ2n) is 3.19. The van der Waals surface area contributed by atoms with Crippen LogP contribution in [0.2, 0.25) is 0 Å². The smallest absolute Gasteiger partial charge is 0.124 e. The summed E-state index contributed by atoms with van der Waals surface area (Å²) >= 11 is 3.41. The molecule has 0 bridgehead atoms. The molecular weight excluding hydrogens is 254 g/mol. The van der Waals surface area contributed by atoms with E-state index in [4.69, 9.17) is 5.26 Å². The minimum atomic E-state index is 0.363. The number of aryl methyl sites for hydroxylation is 1. The quantitative estimate of drug-likeness (QED) is 0.799. The van der Waals surface area contributed by atoms with Crippen molar-refractivity contribution in [2.45, 2.75) is 13.0 Å². The zero-order valence-corrected chi connectivity index (χ0v) is 9.74. The largest absolute Gasteiger partial charge is 0.326 e. The third-order valence-corrected chi connectivity index (χ3v) is 2.63. The van der Waals surface area contributed by atoms with Gasteiger partial charge >= 0.3 is 0 Å². The summed E-state index contributed by atoms with van der Waals surface area (Å²) in [6.07, 6.45) is 0.363. The lowest BCUT2D eigenvalue weighted by molar-refractivity contribution is 0.750. The van der Waals surface area contributed by atoms with E-state index in [0.717, 1.165) is 28.7 Å². The number of rotatable bonds is 3. The van der Waals surface area contributed by atoms with E-state index in [1.807, 2.05) is 24.3 Å². The highest BCUT2D eigenvalue weighted by Crippen LogP contribution is 2.16. The van der Waals surface area contributed by atoms with E-state index in [-0.39, 0.29) is 0 Å². The van der Waals surface area contributed by atoms with Crippen LogP contribution in [0.5, 0.6) is 0 Å². The van der Waals surface area contributed by atoms with Gasteiger partial charge in [-0.3, -0.25) is 0 Å². The fraction of sp³-hybridized carbons (Fsp3) is 0.273. The van der Waals surface area contributed by atoms with Gasteiger partial charge in [0.05, 0.1) is 23.5 Å². The first-order valence-corrected chi connectivity index (χ1v) is 5.86. The summed E-state index contributed by atoms with van der Waals surface area (Å²) in [4.78, 5) is 4.44. The molecule has 0 aliphatic rings. The number of benzene rings is 1. The Hall–Kier alpha value is -1.34. The van der Waals surface area contributed by atoms with Gasteiger partial charge in [-0.2, -0.15) is 5.26 Å². The zero-order valence-electron chi connectivity index (χ0n) is 8.15. The topological polar surface area (TPSA) is 41.6 Å². The molecule has 15 heavy (non-hydrogen) atoms. The highest BCUT2D eigenvalue weighted by Gasteiger charge is 2.08. The van der Waals surface area contributed by atoms with Gasteiger partial charge in [0.15, 0.2) is 0 Å². The van der Waals surface area contributed by atoms with Gasteiger partial charge in [0, 0.05) is 11.9 Å². The maximum atomic E-state index is 8.72. The lowest BCUT2D eigenvalue weighted by Gasteiger charge is -2.03. The molecule has 0 amide bonds. The fourth-order valence-corrected chi connectivity index (χ4v) is 2.02. The van der Waals surface area contributed by atoms with Crippen LogP contribution in [-0.4, -0.2) is 14.9 Å². The summed E-state index contributed by atoms with van der Waals surface area (Å²) in [5, 5.41) is 9.59. The van der Waals surface area contributed by atoms with E-state index in [1.54, 1.807) is 0 Å². The third-order valence-electron chi connectivity index (χ3n) is 2.28. The molecule has 2 aromatic rings. The standard InChI is InChI=1S/C11H10BrN3/c12-6-8-15-10-4-2-1-3-9(10)14-11(15)5-7-13/h1-4H,5-6,8H2. The van der Waals surface area contributed by atoms with Gasteiger partial charge in [-0.25, -0.2) is 4.98 Å². The Bertz CT molecular complexity index is 510. The number of hydrogen-bond donors (Lipinski definition) is 0. The second kappa shape index (κ2) is 4.45. The number of fused-ring (bicyclic) bond motifs is 1. The number of halogens is 1. The number of para-hydroxylation sites is 2. The van der Waals surface area contributed by atoms with Gasteiger partial charge < -0.3 is 4.57 Å². The van der Waals surface area contributed by atoms with Crippen molar-refractivity contribution in [3.63, 3.8) is 0 Å². The summed E-state index contributed by atoms with van der Waals surface area (Å²) in [5.41, 5.74) is 2.06. The fourth-order valence-electron chi connectivity index (χ4n) is 1.67. The maximum Gasteiger partial charge on any atom is 0.124 e. The van der Waals surface area contributed by atoms with Crippen LogP contribution in [0.4, 0.5) is 0 Å². The number of nitriles is 1. The van der Waals surface area contributed by atoms with E-state index < -0.39 is 0 Å². The lowest BCUT2D eigenvalue weighted by Crippen LogP contribution is -2.04. The molecule has 1 heterocycles. The molecule has 0 atom stereocenters. The predicted octanol–water partition coefficient (Wildman–Crippen LogP) is 2.50. The van der Waals surface area contributed by atoms with Crippen LogP contribution in [0, 0.1) is 11.3 Å². The van der Waals surface area contributed by atoms with Crippen LogP contribution >= 0.6 is 15.9 Å². The molecule has 0 fully saturated rings. The highest BCUT2D eigenvalue weighted by molar-refractivity contribution is 9.09. The molecule has 76 valence electrons. The Kier molecular flexibility index (Phi) is 3.02. The van der Waals surface area contributed by atoms with Gasteiger partial charge in [-0.05, 0) is 12.1 Å². The number of alkyl halides is 1. The molecule has 0 aliphatic heterocycles. The molecule has 0 spiro atoms. The van der Waals surface area contributed by atoms with Gasteiger partial charge in [0.1, 0.15) is 5.82 Å². The molecule has 4 heteroatoms. The molecule has 0 saturated carbocycles. The van der Waals surface area contributed by atoms with Crippen molar-refractivity contribution in [3.05, 3.63) is 30.1 Å². The van der Waals surface area contributed by atoms with Crippen LogP contribution in [-0.2, 0) is 13.0 Å². The normalized spacial score (nSPS) is 10.4. The van der Waals surface area contributed by atoms with Gasteiger partial charge in [0.2, 0.25) is 0 Å². The first-order chi connectivity index (χ1) is 7.36.